The van der Waals surface area contributed by atoms with E-state index in [1.807, 2.05) is 0 Å². The fourth-order valence-electron chi connectivity index (χ4n) is 5.40. The molecule has 0 bridgehead atoms. The zero-order valence-electron chi connectivity index (χ0n) is 23.0. The molecule has 0 amide bonds. The van der Waals surface area contributed by atoms with E-state index < -0.39 is 49.0 Å². The van der Waals surface area contributed by atoms with Gasteiger partial charge in [0.2, 0.25) is 0 Å². The first kappa shape index (κ1) is 31.2. The van der Waals surface area contributed by atoms with Gasteiger partial charge in [-0.05, 0) is 81.0 Å². The number of piperidine rings is 1. The van der Waals surface area contributed by atoms with Crippen molar-refractivity contribution in [3.8, 4) is 0 Å². The number of carboxylic acid groups (broad SMARTS) is 1. The lowest BCUT2D eigenvalue weighted by Gasteiger charge is -2.47. The third-order valence-electron chi connectivity index (χ3n) is 8.03. The number of aliphatic carboxylic acids is 1. The molecule has 0 saturated carbocycles. The molecule has 0 aliphatic carbocycles. The first-order valence-corrected chi connectivity index (χ1v) is 16.8. The van der Waals surface area contributed by atoms with Crippen LogP contribution >= 0.6 is 0 Å². The summed E-state index contributed by atoms with van der Waals surface area (Å²) in [4.78, 5) is 14.2. The monoisotopic (exact) mass is 573 g/mol. The van der Waals surface area contributed by atoms with Gasteiger partial charge in [0.1, 0.15) is 0 Å². The van der Waals surface area contributed by atoms with Crippen molar-refractivity contribution in [1.82, 2.24) is 4.90 Å². The van der Waals surface area contributed by atoms with Crippen LogP contribution in [0.1, 0.15) is 67.4 Å². The van der Waals surface area contributed by atoms with Crippen LogP contribution in [0.2, 0.25) is 25.7 Å². The van der Waals surface area contributed by atoms with Crippen LogP contribution < -0.4 is 0 Å². The van der Waals surface area contributed by atoms with Gasteiger partial charge in [0, 0.05) is 20.2 Å². The highest BCUT2D eigenvalue weighted by atomic mass is 28.3. The maximum absolute atomic E-state index is 13.3. The number of hydrogen-bond acceptors (Lipinski definition) is 2. The van der Waals surface area contributed by atoms with Gasteiger partial charge in [0.15, 0.2) is 0 Å². The first-order chi connectivity index (χ1) is 17.8. The summed E-state index contributed by atoms with van der Waals surface area (Å²) in [5, 5.41) is 9.87. The van der Waals surface area contributed by atoms with Gasteiger partial charge in [-0.3, -0.25) is 9.69 Å². The Labute approximate surface area is 227 Å². The molecule has 1 aliphatic heterocycles. The number of carbonyl (C=O) groups is 1. The second-order valence-electron chi connectivity index (χ2n) is 12.4. The van der Waals surface area contributed by atoms with Gasteiger partial charge in [0.25, 0.3) is 0 Å². The predicted molar refractivity (Wildman–Crippen MR) is 142 cm³/mol. The van der Waals surface area contributed by atoms with Crippen molar-refractivity contribution in [2.75, 3.05) is 6.54 Å². The molecule has 1 aliphatic rings. The fourth-order valence-corrected chi connectivity index (χ4v) is 6.54. The molecule has 1 heterocycles. The van der Waals surface area contributed by atoms with Crippen molar-refractivity contribution in [2.45, 2.75) is 83.2 Å². The van der Waals surface area contributed by atoms with Gasteiger partial charge in [0.05, 0.1) is 16.5 Å². The Bertz CT molecular complexity index is 1120. The van der Waals surface area contributed by atoms with Gasteiger partial charge in [-0.1, -0.05) is 50.0 Å². The number of carboxylic acids is 1. The van der Waals surface area contributed by atoms with Crippen LogP contribution in [-0.2, 0) is 17.1 Å². The summed E-state index contributed by atoms with van der Waals surface area (Å²) in [6.45, 7) is 10.4. The summed E-state index contributed by atoms with van der Waals surface area (Å²) < 4.78 is 79.6. The summed E-state index contributed by atoms with van der Waals surface area (Å²) in [5.74, 6) is -1.17. The summed E-state index contributed by atoms with van der Waals surface area (Å²) in [6, 6.07) is 10.3. The Kier molecular flexibility index (Phi) is 9.02. The number of likely N-dealkylation sites (tertiary alicyclic amines) is 1. The van der Waals surface area contributed by atoms with Gasteiger partial charge in [-0.2, -0.15) is 26.3 Å². The third-order valence-corrected chi connectivity index (χ3v) is 9.82. The van der Waals surface area contributed by atoms with Crippen LogP contribution in [-0.4, -0.2) is 30.6 Å². The fraction of sp³-hybridized carbons (Fsp3) is 0.552. The number of nitrogens with zero attached hydrogens (tertiary/aromatic N) is 1. The van der Waals surface area contributed by atoms with Crippen molar-refractivity contribution in [2.24, 2.45) is 11.3 Å². The maximum atomic E-state index is 13.3. The third kappa shape index (κ3) is 7.66. The molecule has 0 unspecified atom stereocenters. The average Bonchev–Trinajstić information content (AvgIpc) is 2.82. The van der Waals surface area contributed by atoms with Crippen LogP contribution in [0.5, 0.6) is 0 Å². The molecule has 3 nitrogen and oxygen atoms in total. The second-order valence-corrected chi connectivity index (χ2v) is 18.0. The molecule has 2 aromatic rings. The predicted octanol–water partition coefficient (Wildman–Crippen LogP) is 9.06. The van der Waals surface area contributed by atoms with Gasteiger partial charge < -0.3 is 5.11 Å². The Balaban J connectivity index is 2.07. The van der Waals surface area contributed by atoms with E-state index in [-0.39, 0.29) is 12.0 Å². The van der Waals surface area contributed by atoms with Gasteiger partial charge >= 0.3 is 18.3 Å². The lowest BCUT2D eigenvalue weighted by atomic mass is 9.70. The van der Waals surface area contributed by atoms with Crippen LogP contribution in [0, 0.1) is 11.3 Å². The van der Waals surface area contributed by atoms with E-state index in [0.29, 0.717) is 36.9 Å². The molecule has 39 heavy (non-hydrogen) atoms. The zero-order valence-corrected chi connectivity index (χ0v) is 24.0. The highest BCUT2D eigenvalue weighted by molar-refractivity contribution is 6.76. The van der Waals surface area contributed by atoms with E-state index in [4.69, 9.17) is 0 Å². The van der Waals surface area contributed by atoms with Crippen LogP contribution in [0.4, 0.5) is 26.3 Å². The molecule has 3 atom stereocenters. The normalized spacial score (nSPS) is 20.6. The van der Waals surface area contributed by atoms with E-state index in [0.717, 1.165) is 30.3 Å². The lowest BCUT2D eigenvalue weighted by molar-refractivity contribution is -0.152. The molecule has 1 saturated heterocycles. The SMILES string of the molecule is CC(C)(C(=O)O)[C@@H]1CCN([C@H](CC[Si](C)(C)C)c2ccc(C(F)(F)F)cc2)[C@H](c2ccc(C(F)(F)F)cc2)C1. The molecule has 0 aromatic heterocycles. The topological polar surface area (TPSA) is 40.5 Å². The minimum absolute atomic E-state index is 0.233. The number of hydrogen-bond donors (Lipinski definition) is 1. The molecular weight excluding hydrogens is 536 g/mol. The number of alkyl halides is 6. The van der Waals surface area contributed by atoms with Crippen LogP contribution in [0.25, 0.3) is 0 Å². The summed E-state index contributed by atoms with van der Waals surface area (Å²) >= 11 is 0. The Morgan fingerprint density at radius 3 is 1.85 bits per heavy atom. The number of halogens is 6. The summed E-state index contributed by atoms with van der Waals surface area (Å²) in [6.07, 6.45) is -7.30. The van der Waals surface area contributed by atoms with Crippen molar-refractivity contribution < 1.29 is 36.2 Å². The molecule has 0 spiro atoms. The smallest absolute Gasteiger partial charge is 0.416 e. The van der Waals surface area contributed by atoms with Gasteiger partial charge in [-0.25, -0.2) is 0 Å². The molecule has 10 heteroatoms. The number of rotatable bonds is 8. The van der Waals surface area contributed by atoms with E-state index in [1.165, 1.54) is 24.3 Å². The van der Waals surface area contributed by atoms with Crippen molar-refractivity contribution in [3.63, 3.8) is 0 Å². The molecule has 0 radical (unpaired) electrons. The molecular formula is C29H37F6NO2Si. The molecule has 216 valence electrons. The first-order valence-electron chi connectivity index (χ1n) is 13.1. The summed E-state index contributed by atoms with van der Waals surface area (Å²) in [5.41, 5.74) is -1.20. The van der Waals surface area contributed by atoms with Crippen molar-refractivity contribution in [1.29, 1.82) is 0 Å². The second kappa shape index (κ2) is 11.3. The quantitative estimate of drug-likeness (QED) is 0.253. The average molecular weight is 574 g/mol. The summed E-state index contributed by atoms with van der Waals surface area (Å²) in [7, 11) is -1.55. The van der Waals surface area contributed by atoms with Crippen molar-refractivity contribution >= 4 is 14.0 Å². The molecule has 1 fully saturated rings. The molecule has 2 aromatic carbocycles. The molecule has 1 N–H and O–H groups in total. The molecule has 3 rings (SSSR count). The Morgan fingerprint density at radius 2 is 1.41 bits per heavy atom. The highest BCUT2D eigenvalue weighted by Crippen LogP contribution is 2.47. The maximum Gasteiger partial charge on any atom is 0.416 e. The Hall–Kier alpha value is -2.33. The van der Waals surface area contributed by atoms with E-state index in [1.54, 1.807) is 13.8 Å². The van der Waals surface area contributed by atoms with Gasteiger partial charge in [-0.15, -0.1) is 0 Å². The van der Waals surface area contributed by atoms with E-state index >= 15 is 0 Å². The standard InChI is InChI=1S/C29H37F6NO2Si/c1-27(2,26(37)38)23-14-16-36(25(18-23)20-8-12-22(13-9-20)29(33,34)35)24(15-17-39(3,4)5)19-6-10-21(11-7-19)28(30,31)32/h6-13,23-25H,14-18H2,1-5H3,(H,37,38)/t23-,24-,25+/m1/s1. The van der Waals surface area contributed by atoms with Crippen LogP contribution in [0.3, 0.4) is 0 Å². The van der Waals surface area contributed by atoms with E-state index in [9.17, 15) is 36.2 Å². The largest absolute Gasteiger partial charge is 0.481 e. The van der Waals surface area contributed by atoms with E-state index in [2.05, 4.69) is 24.5 Å². The minimum Gasteiger partial charge on any atom is -0.481 e. The zero-order chi connectivity index (χ0) is 29.4. The number of benzene rings is 2. The minimum atomic E-state index is -4.49. The lowest BCUT2D eigenvalue weighted by Crippen LogP contribution is -2.45. The van der Waals surface area contributed by atoms with Crippen LogP contribution in [0.15, 0.2) is 48.5 Å². The Morgan fingerprint density at radius 1 is 0.923 bits per heavy atom. The highest BCUT2D eigenvalue weighted by Gasteiger charge is 2.44. The van der Waals surface area contributed by atoms with Crippen molar-refractivity contribution in [3.05, 3.63) is 70.8 Å².